The van der Waals surface area contributed by atoms with Gasteiger partial charge in [0.05, 0.1) is 12.0 Å². The number of carbonyl (C=O) groups is 1. The summed E-state index contributed by atoms with van der Waals surface area (Å²) in [6.45, 7) is 15.7. The SMILES string of the molecule is C=C/C(=C\C=C/C)C(Cc1ccccc1)(C(C)=O)[C@@H]1CCN(CCc2ccc3c(c2)CCO3)C1.CC.[HH]. The van der Waals surface area contributed by atoms with Gasteiger partial charge >= 0.3 is 0 Å². The molecule has 36 heavy (non-hydrogen) atoms. The summed E-state index contributed by atoms with van der Waals surface area (Å²) in [4.78, 5) is 16.0. The van der Waals surface area contributed by atoms with Crippen molar-refractivity contribution in [3.63, 3.8) is 0 Å². The van der Waals surface area contributed by atoms with Crippen LogP contribution in [0.1, 0.15) is 52.2 Å². The van der Waals surface area contributed by atoms with Crippen LogP contribution in [0.2, 0.25) is 0 Å². The molecular formula is C33H45NO2. The fourth-order valence-electron chi connectivity index (χ4n) is 5.73. The number of hydrogen-bond acceptors (Lipinski definition) is 3. The molecule has 2 aliphatic heterocycles. The van der Waals surface area contributed by atoms with Crippen molar-refractivity contribution >= 4 is 5.78 Å². The van der Waals surface area contributed by atoms with Gasteiger partial charge in [-0.2, -0.15) is 0 Å². The monoisotopic (exact) mass is 487 g/mol. The summed E-state index contributed by atoms with van der Waals surface area (Å²) in [6, 6.07) is 17.1. The number of ether oxygens (including phenoxy) is 1. The van der Waals surface area contributed by atoms with Crippen LogP contribution in [0, 0.1) is 11.3 Å². The van der Waals surface area contributed by atoms with Crippen LogP contribution in [0.15, 0.2) is 85.0 Å². The van der Waals surface area contributed by atoms with E-state index in [1.807, 2.05) is 45.1 Å². The van der Waals surface area contributed by atoms with E-state index in [9.17, 15) is 4.79 Å². The Morgan fingerprint density at radius 1 is 1.19 bits per heavy atom. The van der Waals surface area contributed by atoms with Crippen LogP contribution < -0.4 is 4.74 Å². The molecule has 1 unspecified atom stereocenters. The molecule has 0 N–H and O–H groups in total. The van der Waals surface area contributed by atoms with E-state index in [1.54, 1.807) is 6.92 Å². The Bertz CT molecular complexity index is 1070. The second-order valence-corrected chi connectivity index (χ2v) is 9.62. The maximum atomic E-state index is 13.5. The van der Waals surface area contributed by atoms with Crippen LogP contribution >= 0.6 is 0 Å². The van der Waals surface area contributed by atoms with Gasteiger partial charge in [-0.1, -0.05) is 87.2 Å². The van der Waals surface area contributed by atoms with E-state index in [0.717, 1.165) is 56.8 Å². The fourth-order valence-corrected chi connectivity index (χ4v) is 5.73. The fraction of sp³-hybridized carbons (Fsp3) is 0.424. The first kappa shape index (κ1) is 27.7. The number of likely N-dealkylation sites (tertiary alicyclic amines) is 1. The molecule has 0 aliphatic carbocycles. The van der Waals surface area contributed by atoms with E-state index in [4.69, 9.17) is 4.74 Å². The first-order valence-corrected chi connectivity index (χ1v) is 13.5. The Labute approximate surface area is 220 Å². The molecule has 0 aromatic heterocycles. The molecule has 3 heteroatoms. The van der Waals surface area contributed by atoms with Crippen LogP contribution in [0.25, 0.3) is 0 Å². The number of rotatable bonds is 10. The highest BCUT2D eigenvalue weighted by Gasteiger charge is 2.47. The van der Waals surface area contributed by atoms with Crippen LogP contribution in [0.3, 0.4) is 0 Å². The average Bonchev–Trinajstić information content (AvgIpc) is 3.58. The zero-order chi connectivity index (χ0) is 26.0. The van der Waals surface area contributed by atoms with Gasteiger partial charge in [0.25, 0.3) is 0 Å². The predicted octanol–water partition coefficient (Wildman–Crippen LogP) is 7.26. The summed E-state index contributed by atoms with van der Waals surface area (Å²) in [5.41, 5.74) is 4.37. The standard InChI is InChI=1S/C31H37NO2.C2H6.H2/c1-4-6-12-28(5-2)31(24(3)33,22-26-10-8-7-9-11-26)29-16-19-32(23-29)18-15-25-13-14-30-27(21-25)17-20-34-30;1-2;/h4-14,21,29H,2,15-20,22-23H2,1,3H3;1-2H3;1H/b6-4-,28-12+;;/t29-,31?;;/m1../s1. The van der Waals surface area contributed by atoms with Gasteiger partial charge in [0, 0.05) is 20.9 Å². The molecule has 1 saturated heterocycles. The first-order valence-electron chi connectivity index (χ1n) is 13.5. The smallest absolute Gasteiger partial charge is 0.140 e. The number of carbonyl (C=O) groups excluding carboxylic acids is 1. The number of benzene rings is 2. The van der Waals surface area contributed by atoms with Crippen molar-refractivity contribution in [3.8, 4) is 5.75 Å². The summed E-state index contributed by atoms with van der Waals surface area (Å²) >= 11 is 0. The summed E-state index contributed by atoms with van der Waals surface area (Å²) in [7, 11) is 0. The highest BCUT2D eigenvalue weighted by molar-refractivity contribution is 5.87. The summed E-state index contributed by atoms with van der Waals surface area (Å²) in [5.74, 6) is 1.53. The van der Waals surface area contributed by atoms with Crippen molar-refractivity contribution in [1.82, 2.24) is 4.90 Å². The quantitative estimate of drug-likeness (QED) is 0.330. The number of Topliss-reactive ketones (excluding diaryl/α,β-unsaturated/α-hetero) is 1. The minimum atomic E-state index is -0.567. The Morgan fingerprint density at radius 2 is 1.97 bits per heavy atom. The topological polar surface area (TPSA) is 29.5 Å². The van der Waals surface area contributed by atoms with Gasteiger partial charge in [0.15, 0.2) is 0 Å². The second kappa shape index (κ2) is 13.4. The largest absolute Gasteiger partial charge is 0.493 e. The zero-order valence-electron chi connectivity index (χ0n) is 22.6. The van der Waals surface area contributed by atoms with Crippen molar-refractivity contribution in [2.45, 2.75) is 53.4 Å². The highest BCUT2D eigenvalue weighted by Crippen LogP contribution is 2.45. The second-order valence-electron chi connectivity index (χ2n) is 9.62. The van der Waals surface area contributed by atoms with Crippen molar-refractivity contribution in [1.29, 1.82) is 0 Å². The van der Waals surface area contributed by atoms with Gasteiger partial charge in [-0.3, -0.25) is 4.79 Å². The normalized spacial score (nSPS) is 19.2. The lowest BCUT2D eigenvalue weighted by molar-refractivity contribution is -0.127. The lowest BCUT2D eigenvalue weighted by Crippen LogP contribution is -2.42. The molecule has 2 atom stereocenters. The number of ketones is 1. The molecule has 194 valence electrons. The minimum absolute atomic E-state index is 0. The van der Waals surface area contributed by atoms with Crippen LogP contribution in [-0.2, 0) is 24.1 Å². The van der Waals surface area contributed by atoms with Crippen molar-refractivity contribution in [2.75, 3.05) is 26.2 Å². The van der Waals surface area contributed by atoms with Gasteiger partial charge in [-0.15, -0.1) is 0 Å². The molecular weight excluding hydrogens is 442 g/mol. The van der Waals surface area contributed by atoms with Crippen molar-refractivity contribution < 1.29 is 11.0 Å². The molecule has 2 aromatic carbocycles. The van der Waals surface area contributed by atoms with E-state index in [1.165, 1.54) is 16.7 Å². The van der Waals surface area contributed by atoms with E-state index in [2.05, 4.69) is 60.0 Å². The third kappa shape index (κ3) is 6.25. The van der Waals surface area contributed by atoms with Gasteiger partial charge < -0.3 is 9.64 Å². The molecule has 0 amide bonds. The average molecular weight is 488 g/mol. The van der Waals surface area contributed by atoms with Crippen LogP contribution in [0.4, 0.5) is 0 Å². The molecule has 0 saturated carbocycles. The predicted molar refractivity (Wildman–Crippen MR) is 154 cm³/mol. The van der Waals surface area contributed by atoms with Gasteiger partial charge in [-0.05, 0) is 73.9 Å². The first-order chi connectivity index (χ1) is 17.6. The molecule has 0 bridgehead atoms. The van der Waals surface area contributed by atoms with Gasteiger partial charge in [0.2, 0.25) is 0 Å². The van der Waals surface area contributed by atoms with E-state index in [0.29, 0.717) is 6.42 Å². The third-order valence-electron chi connectivity index (χ3n) is 7.60. The van der Waals surface area contributed by atoms with E-state index < -0.39 is 5.41 Å². The molecule has 2 aliphatic rings. The summed E-state index contributed by atoms with van der Waals surface area (Å²) < 4.78 is 5.65. The Balaban J connectivity index is 0.00000157. The van der Waals surface area contributed by atoms with Crippen molar-refractivity contribution in [2.24, 2.45) is 11.3 Å². The lowest BCUT2D eigenvalue weighted by atomic mass is 9.63. The molecule has 0 radical (unpaired) electrons. The Hall–Kier alpha value is -2.91. The minimum Gasteiger partial charge on any atom is -0.493 e. The summed E-state index contributed by atoms with van der Waals surface area (Å²) in [6.07, 6.45) is 11.8. The van der Waals surface area contributed by atoms with Crippen molar-refractivity contribution in [3.05, 3.63) is 102 Å². The molecule has 2 aromatic rings. The van der Waals surface area contributed by atoms with Gasteiger partial charge in [-0.25, -0.2) is 0 Å². The maximum absolute atomic E-state index is 13.5. The molecule has 3 nitrogen and oxygen atoms in total. The number of nitrogens with zero attached hydrogens (tertiary/aromatic N) is 1. The Morgan fingerprint density at radius 3 is 2.67 bits per heavy atom. The number of allylic oxidation sites excluding steroid dienone is 5. The third-order valence-corrected chi connectivity index (χ3v) is 7.60. The molecule has 0 spiro atoms. The lowest BCUT2D eigenvalue weighted by Gasteiger charge is -2.39. The zero-order valence-corrected chi connectivity index (χ0v) is 22.6. The van der Waals surface area contributed by atoms with E-state index in [-0.39, 0.29) is 13.1 Å². The summed E-state index contributed by atoms with van der Waals surface area (Å²) in [5, 5.41) is 0. The van der Waals surface area contributed by atoms with Crippen LogP contribution in [-0.4, -0.2) is 36.9 Å². The van der Waals surface area contributed by atoms with E-state index >= 15 is 0 Å². The number of fused-ring (bicyclic) bond motifs is 1. The highest BCUT2D eigenvalue weighted by atomic mass is 16.5. The maximum Gasteiger partial charge on any atom is 0.140 e. The molecule has 2 heterocycles. The van der Waals surface area contributed by atoms with Crippen LogP contribution in [0.5, 0.6) is 5.75 Å². The number of hydrogen-bond donors (Lipinski definition) is 0. The molecule has 1 fully saturated rings. The Kier molecular flexibility index (Phi) is 10.3. The molecule has 4 rings (SSSR count). The van der Waals surface area contributed by atoms with Gasteiger partial charge in [0.1, 0.15) is 11.5 Å².